The molecule has 0 aliphatic heterocycles. The molecule has 0 aliphatic rings. The molecule has 0 saturated heterocycles. The van der Waals surface area contributed by atoms with Crippen molar-refractivity contribution in [2.24, 2.45) is 0 Å². The molecule has 148 valence electrons. The minimum Gasteiger partial charge on any atom is -1.00 e. The van der Waals surface area contributed by atoms with E-state index in [0.717, 1.165) is 6.42 Å². The van der Waals surface area contributed by atoms with Gasteiger partial charge in [-0.05, 0) is 38.5 Å². The molecule has 0 fully saturated rings. The van der Waals surface area contributed by atoms with Gasteiger partial charge in [0.2, 0.25) is 0 Å². The molecule has 0 unspecified atom stereocenters. The minimum absolute atomic E-state index is 0. The van der Waals surface area contributed by atoms with Crippen molar-refractivity contribution in [1.82, 2.24) is 0 Å². The van der Waals surface area contributed by atoms with E-state index in [1.54, 1.807) is 0 Å². The Labute approximate surface area is 170 Å². The lowest BCUT2D eigenvalue weighted by Crippen LogP contribution is -3.00. The number of hydrogen-bond acceptors (Lipinski definition) is 1. The molecule has 0 saturated carbocycles. The van der Waals surface area contributed by atoms with Gasteiger partial charge in [-0.1, -0.05) is 59.3 Å². The highest BCUT2D eigenvalue weighted by Crippen LogP contribution is 2.18. The molecule has 3 heteroatoms. The van der Waals surface area contributed by atoms with Gasteiger partial charge >= 0.3 is 0 Å². The molecule has 0 aliphatic carbocycles. The van der Waals surface area contributed by atoms with Crippen molar-refractivity contribution in [1.29, 1.82) is 0 Å². The molecule has 1 N–H and O–H groups in total. The van der Waals surface area contributed by atoms with Crippen LogP contribution >= 0.6 is 0 Å². The van der Waals surface area contributed by atoms with Crippen LogP contribution in [-0.4, -0.2) is 42.4 Å². The molecular formula is C21H46INO. The number of rotatable bonds is 18. The number of quaternary nitrogens is 1. The van der Waals surface area contributed by atoms with Crippen LogP contribution in [-0.2, 0) is 0 Å². The summed E-state index contributed by atoms with van der Waals surface area (Å²) in [5, 5.41) is 9.35. The summed E-state index contributed by atoms with van der Waals surface area (Å²) in [4.78, 5) is 0. The number of hydrogen-bond donors (Lipinski definition) is 1. The molecule has 0 aromatic rings. The Hall–Kier alpha value is 0.650. The Morgan fingerprint density at radius 2 is 0.833 bits per heavy atom. The molecule has 0 rings (SSSR count). The van der Waals surface area contributed by atoms with Crippen molar-refractivity contribution in [3.63, 3.8) is 0 Å². The summed E-state index contributed by atoms with van der Waals surface area (Å²) in [7, 11) is 0. The zero-order valence-electron chi connectivity index (χ0n) is 17.0. The molecule has 2 nitrogen and oxygen atoms in total. The van der Waals surface area contributed by atoms with Gasteiger partial charge in [-0.3, -0.25) is 0 Å². The Bertz CT molecular complexity index is 205. The van der Waals surface area contributed by atoms with E-state index in [1.807, 2.05) is 0 Å². The molecular weight excluding hydrogens is 409 g/mol. The van der Waals surface area contributed by atoms with Gasteiger partial charge in [-0.25, -0.2) is 0 Å². The van der Waals surface area contributed by atoms with Gasteiger partial charge in [0.15, 0.2) is 0 Å². The van der Waals surface area contributed by atoms with Crippen molar-refractivity contribution < 1.29 is 33.6 Å². The van der Waals surface area contributed by atoms with Crippen molar-refractivity contribution >= 4 is 0 Å². The van der Waals surface area contributed by atoms with Crippen LogP contribution in [0.3, 0.4) is 0 Å². The third kappa shape index (κ3) is 14.9. The summed E-state index contributed by atoms with van der Waals surface area (Å²) in [5.41, 5.74) is 0. The van der Waals surface area contributed by atoms with Gasteiger partial charge < -0.3 is 33.6 Å². The van der Waals surface area contributed by atoms with Crippen molar-refractivity contribution in [3.05, 3.63) is 0 Å². The summed E-state index contributed by atoms with van der Waals surface area (Å²) >= 11 is 0. The summed E-state index contributed by atoms with van der Waals surface area (Å²) in [6.45, 7) is 12.5. The number of unbranched alkanes of at least 4 members (excludes halogenated alkanes) is 9. The molecule has 0 spiro atoms. The van der Waals surface area contributed by atoms with E-state index in [0.29, 0.717) is 6.61 Å². The van der Waals surface area contributed by atoms with Gasteiger partial charge in [-0.15, -0.1) is 0 Å². The average Bonchev–Trinajstić information content (AvgIpc) is 2.57. The Morgan fingerprint density at radius 3 is 1.12 bits per heavy atom. The monoisotopic (exact) mass is 455 g/mol. The van der Waals surface area contributed by atoms with Crippen molar-refractivity contribution in [3.8, 4) is 0 Å². The molecule has 0 amide bonds. The predicted octanol–water partition coefficient (Wildman–Crippen LogP) is 2.93. The summed E-state index contributed by atoms with van der Waals surface area (Å²) in [5.74, 6) is 0. The van der Waals surface area contributed by atoms with Crippen LogP contribution < -0.4 is 24.0 Å². The van der Waals surface area contributed by atoms with E-state index in [-0.39, 0.29) is 24.0 Å². The molecule has 0 radical (unpaired) electrons. The maximum Gasteiger partial charge on any atom is 0.0808 e. The second-order valence-corrected chi connectivity index (χ2v) is 7.50. The lowest BCUT2D eigenvalue weighted by molar-refractivity contribution is -0.929. The smallest absolute Gasteiger partial charge is 0.0808 e. The van der Waals surface area contributed by atoms with Gasteiger partial charge in [0.25, 0.3) is 0 Å². The number of halogens is 1. The van der Waals surface area contributed by atoms with E-state index in [4.69, 9.17) is 0 Å². The van der Waals surface area contributed by atoms with Crippen LogP contribution in [0.5, 0.6) is 0 Å². The Balaban J connectivity index is 0. The largest absolute Gasteiger partial charge is 1.00 e. The topological polar surface area (TPSA) is 20.2 Å². The summed E-state index contributed by atoms with van der Waals surface area (Å²) in [6, 6.07) is 0. The van der Waals surface area contributed by atoms with Crippen LogP contribution in [0.4, 0.5) is 0 Å². The van der Waals surface area contributed by atoms with E-state index < -0.39 is 0 Å². The molecule has 0 bridgehead atoms. The van der Waals surface area contributed by atoms with Gasteiger partial charge in [-0.2, -0.15) is 0 Å². The van der Waals surface area contributed by atoms with E-state index in [9.17, 15) is 5.11 Å². The third-order valence-electron chi connectivity index (χ3n) is 5.25. The van der Waals surface area contributed by atoms with E-state index in [1.165, 1.54) is 108 Å². The molecule has 0 aromatic heterocycles. The first kappa shape index (κ1) is 26.9. The first-order valence-electron chi connectivity index (χ1n) is 10.7. The second-order valence-electron chi connectivity index (χ2n) is 7.50. The lowest BCUT2D eigenvalue weighted by atomic mass is 10.1. The third-order valence-corrected chi connectivity index (χ3v) is 5.25. The first-order chi connectivity index (χ1) is 11.2. The fourth-order valence-electron chi connectivity index (χ4n) is 3.70. The highest BCUT2D eigenvalue weighted by molar-refractivity contribution is 4.52. The highest BCUT2D eigenvalue weighted by atomic mass is 127. The van der Waals surface area contributed by atoms with Crippen LogP contribution in [0.1, 0.15) is 104 Å². The SMILES string of the molecule is CCCCCC[N+](CCCO)(CCCCCC)CCCCCC.[I-]. The molecule has 0 aromatic carbocycles. The molecule has 24 heavy (non-hydrogen) atoms. The van der Waals surface area contributed by atoms with Crippen LogP contribution in [0.2, 0.25) is 0 Å². The Kier molecular flexibility index (Phi) is 22.4. The first-order valence-corrected chi connectivity index (χ1v) is 10.7. The molecule has 0 heterocycles. The standard InChI is InChI=1S/C21H46NO.HI/c1-4-7-10-13-17-22(20-16-21-23,18-14-11-8-5-2)19-15-12-9-6-3;/h23H,4-21H2,1-3H3;1H/q+1;/p-1. The summed E-state index contributed by atoms with van der Waals surface area (Å²) < 4.78 is 1.29. The Morgan fingerprint density at radius 1 is 0.500 bits per heavy atom. The van der Waals surface area contributed by atoms with E-state index >= 15 is 0 Å². The van der Waals surface area contributed by atoms with Gasteiger partial charge in [0.05, 0.1) is 26.2 Å². The minimum atomic E-state index is 0. The average molecular weight is 456 g/mol. The fraction of sp³-hybridized carbons (Fsp3) is 1.00. The zero-order chi connectivity index (χ0) is 17.2. The second kappa shape index (κ2) is 20.0. The number of aliphatic hydroxyl groups is 1. The number of nitrogens with zero attached hydrogens (tertiary/aromatic N) is 1. The quantitative estimate of drug-likeness (QED) is 0.192. The zero-order valence-corrected chi connectivity index (χ0v) is 19.2. The van der Waals surface area contributed by atoms with Gasteiger partial charge in [0.1, 0.15) is 0 Å². The van der Waals surface area contributed by atoms with Crippen molar-refractivity contribution in [2.75, 3.05) is 32.8 Å². The lowest BCUT2D eigenvalue weighted by Gasteiger charge is -2.39. The van der Waals surface area contributed by atoms with Gasteiger partial charge in [0, 0.05) is 13.0 Å². The summed E-state index contributed by atoms with van der Waals surface area (Å²) in [6.07, 6.45) is 17.4. The fourth-order valence-corrected chi connectivity index (χ4v) is 3.70. The normalized spacial score (nSPS) is 11.5. The molecule has 0 atom stereocenters. The van der Waals surface area contributed by atoms with E-state index in [2.05, 4.69) is 20.8 Å². The van der Waals surface area contributed by atoms with Crippen LogP contribution in [0.25, 0.3) is 0 Å². The van der Waals surface area contributed by atoms with Crippen molar-refractivity contribution in [2.45, 2.75) is 104 Å². The van der Waals surface area contributed by atoms with Crippen LogP contribution in [0, 0.1) is 0 Å². The number of aliphatic hydroxyl groups excluding tert-OH is 1. The predicted molar refractivity (Wildman–Crippen MR) is 104 cm³/mol. The maximum atomic E-state index is 9.35. The highest BCUT2D eigenvalue weighted by Gasteiger charge is 2.25. The van der Waals surface area contributed by atoms with Crippen LogP contribution in [0.15, 0.2) is 0 Å². The maximum absolute atomic E-state index is 9.35.